The molecule has 0 unspecified atom stereocenters. The minimum Gasteiger partial charge on any atom is -0.462 e. The van der Waals surface area contributed by atoms with Gasteiger partial charge < -0.3 is 10.1 Å². The largest absolute Gasteiger partial charge is 0.462 e. The highest BCUT2D eigenvalue weighted by Crippen LogP contribution is 2.36. The van der Waals surface area contributed by atoms with Gasteiger partial charge >= 0.3 is 5.97 Å². The Morgan fingerprint density at radius 3 is 2.46 bits per heavy atom. The SMILES string of the molecule is CCOC(=O)c1sc(-c2ccccc2)cc1NC(=O)c1ccccc1[N+](=O)[O-]. The summed E-state index contributed by atoms with van der Waals surface area (Å²) in [6.45, 7) is 1.88. The van der Waals surface area contributed by atoms with Gasteiger partial charge in [0, 0.05) is 10.9 Å². The first-order chi connectivity index (χ1) is 13.5. The van der Waals surface area contributed by atoms with Gasteiger partial charge in [0.2, 0.25) is 0 Å². The summed E-state index contributed by atoms with van der Waals surface area (Å²) in [6, 6.07) is 16.7. The summed E-state index contributed by atoms with van der Waals surface area (Å²) >= 11 is 1.19. The van der Waals surface area contributed by atoms with Crippen molar-refractivity contribution >= 4 is 34.6 Å². The molecule has 0 fully saturated rings. The first-order valence-corrected chi connectivity index (χ1v) is 9.24. The lowest BCUT2D eigenvalue weighted by atomic mass is 10.1. The molecule has 0 aliphatic heterocycles. The molecule has 3 rings (SSSR count). The van der Waals surface area contributed by atoms with Crippen LogP contribution in [0.15, 0.2) is 60.7 Å². The first-order valence-electron chi connectivity index (χ1n) is 8.42. The number of para-hydroxylation sites is 1. The lowest BCUT2D eigenvalue weighted by Crippen LogP contribution is -2.15. The van der Waals surface area contributed by atoms with Crippen molar-refractivity contribution in [2.75, 3.05) is 11.9 Å². The highest BCUT2D eigenvalue weighted by Gasteiger charge is 2.24. The van der Waals surface area contributed by atoms with Crippen LogP contribution in [0.1, 0.15) is 27.0 Å². The second-order valence-corrected chi connectivity index (χ2v) is 6.72. The van der Waals surface area contributed by atoms with Gasteiger partial charge in [-0.05, 0) is 24.6 Å². The molecule has 1 heterocycles. The van der Waals surface area contributed by atoms with Crippen LogP contribution in [-0.4, -0.2) is 23.4 Å². The Bertz CT molecular complexity index is 1030. The number of nitrogens with one attached hydrogen (secondary N) is 1. The third kappa shape index (κ3) is 4.07. The van der Waals surface area contributed by atoms with Crippen molar-refractivity contribution in [3.63, 3.8) is 0 Å². The van der Waals surface area contributed by atoms with Gasteiger partial charge in [0.25, 0.3) is 11.6 Å². The van der Waals surface area contributed by atoms with Gasteiger partial charge in [-0.25, -0.2) is 4.79 Å². The Hall–Kier alpha value is -3.52. The van der Waals surface area contributed by atoms with E-state index in [1.807, 2.05) is 30.3 Å². The van der Waals surface area contributed by atoms with Crippen LogP contribution in [0.4, 0.5) is 11.4 Å². The van der Waals surface area contributed by atoms with Crippen LogP contribution < -0.4 is 5.32 Å². The molecule has 28 heavy (non-hydrogen) atoms. The Balaban J connectivity index is 1.99. The van der Waals surface area contributed by atoms with Gasteiger partial charge in [0.1, 0.15) is 10.4 Å². The van der Waals surface area contributed by atoms with E-state index >= 15 is 0 Å². The number of hydrogen-bond donors (Lipinski definition) is 1. The van der Waals surface area contributed by atoms with Gasteiger partial charge in [-0.2, -0.15) is 0 Å². The summed E-state index contributed by atoms with van der Waals surface area (Å²) < 4.78 is 5.08. The Morgan fingerprint density at radius 2 is 1.79 bits per heavy atom. The van der Waals surface area contributed by atoms with Crippen molar-refractivity contribution < 1.29 is 19.2 Å². The summed E-state index contributed by atoms with van der Waals surface area (Å²) in [6.07, 6.45) is 0. The van der Waals surface area contributed by atoms with Gasteiger partial charge in [0.05, 0.1) is 17.2 Å². The molecule has 7 nitrogen and oxygen atoms in total. The molecule has 0 aliphatic rings. The monoisotopic (exact) mass is 396 g/mol. The minimum atomic E-state index is -0.671. The average Bonchev–Trinajstić information content (AvgIpc) is 3.12. The zero-order valence-corrected chi connectivity index (χ0v) is 15.7. The second-order valence-electron chi connectivity index (χ2n) is 5.67. The predicted octanol–water partition coefficient (Wildman–Crippen LogP) is 4.75. The van der Waals surface area contributed by atoms with E-state index in [0.29, 0.717) is 0 Å². The zero-order chi connectivity index (χ0) is 20.1. The number of amides is 1. The number of hydrogen-bond acceptors (Lipinski definition) is 6. The number of nitro benzene ring substituents is 1. The van der Waals surface area contributed by atoms with Crippen LogP contribution in [-0.2, 0) is 4.74 Å². The number of thiophene rings is 1. The van der Waals surface area contributed by atoms with Crippen LogP contribution in [0.3, 0.4) is 0 Å². The standard InChI is InChI=1S/C20H16N2O5S/c1-2-27-20(24)18-15(12-17(28-18)13-8-4-3-5-9-13)21-19(23)14-10-6-7-11-16(14)22(25)26/h3-12H,2H2,1H3,(H,21,23). The summed E-state index contributed by atoms with van der Waals surface area (Å²) in [5.41, 5.74) is 0.737. The lowest BCUT2D eigenvalue weighted by molar-refractivity contribution is -0.385. The quantitative estimate of drug-likeness (QED) is 0.368. The van der Waals surface area contributed by atoms with E-state index in [1.54, 1.807) is 13.0 Å². The van der Waals surface area contributed by atoms with Crippen molar-refractivity contribution in [3.05, 3.63) is 81.2 Å². The molecule has 0 atom stereocenters. The molecule has 0 saturated heterocycles. The molecule has 0 aliphatic carbocycles. The topological polar surface area (TPSA) is 98.5 Å². The van der Waals surface area contributed by atoms with E-state index in [2.05, 4.69) is 5.32 Å². The van der Waals surface area contributed by atoms with E-state index < -0.39 is 16.8 Å². The maximum absolute atomic E-state index is 12.7. The number of nitro groups is 1. The van der Waals surface area contributed by atoms with Crippen molar-refractivity contribution in [3.8, 4) is 10.4 Å². The summed E-state index contributed by atoms with van der Waals surface area (Å²) in [5, 5.41) is 13.8. The molecule has 8 heteroatoms. The number of carbonyl (C=O) groups excluding carboxylic acids is 2. The van der Waals surface area contributed by atoms with Gasteiger partial charge in [-0.15, -0.1) is 11.3 Å². The molecule has 0 radical (unpaired) electrons. The van der Waals surface area contributed by atoms with Gasteiger partial charge in [-0.3, -0.25) is 14.9 Å². The number of nitrogens with zero attached hydrogens (tertiary/aromatic N) is 1. The van der Waals surface area contributed by atoms with E-state index in [1.165, 1.54) is 35.6 Å². The van der Waals surface area contributed by atoms with Gasteiger partial charge in [0.15, 0.2) is 0 Å². The third-order valence-corrected chi connectivity index (χ3v) is 5.01. The Labute approximate surface area is 164 Å². The van der Waals surface area contributed by atoms with Crippen LogP contribution in [0.5, 0.6) is 0 Å². The van der Waals surface area contributed by atoms with E-state index in [0.717, 1.165) is 10.4 Å². The molecule has 142 valence electrons. The van der Waals surface area contributed by atoms with Crippen LogP contribution >= 0.6 is 11.3 Å². The van der Waals surface area contributed by atoms with Crippen LogP contribution in [0.2, 0.25) is 0 Å². The molecule has 1 N–H and O–H groups in total. The molecule has 2 aromatic carbocycles. The molecular weight excluding hydrogens is 380 g/mol. The number of carbonyl (C=O) groups is 2. The molecule has 3 aromatic rings. The van der Waals surface area contributed by atoms with Crippen LogP contribution in [0, 0.1) is 10.1 Å². The van der Waals surface area contributed by atoms with Crippen molar-refractivity contribution in [2.24, 2.45) is 0 Å². The lowest BCUT2D eigenvalue weighted by Gasteiger charge is -2.06. The third-order valence-electron chi connectivity index (χ3n) is 3.84. The number of rotatable bonds is 6. The molecule has 0 spiro atoms. The fourth-order valence-electron chi connectivity index (χ4n) is 2.59. The normalized spacial score (nSPS) is 10.3. The average molecular weight is 396 g/mol. The predicted molar refractivity (Wildman–Crippen MR) is 107 cm³/mol. The number of anilines is 1. The smallest absolute Gasteiger partial charge is 0.350 e. The molecular formula is C20H16N2O5S. The van der Waals surface area contributed by atoms with Crippen molar-refractivity contribution in [2.45, 2.75) is 6.92 Å². The fraction of sp³-hybridized carbons (Fsp3) is 0.100. The van der Waals surface area contributed by atoms with E-state index in [-0.39, 0.29) is 28.4 Å². The maximum atomic E-state index is 12.7. The number of benzene rings is 2. The summed E-state index contributed by atoms with van der Waals surface area (Å²) in [4.78, 5) is 36.5. The summed E-state index contributed by atoms with van der Waals surface area (Å²) in [7, 11) is 0. The molecule has 1 aromatic heterocycles. The van der Waals surface area contributed by atoms with Crippen molar-refractivity contribution in [1.29, 1.82) is 0 Å². The maximum Gasteiger partial charge on any atom is 0.350 e. The Morgan fingerprint density at radius 1 is 1.11 bits per heavy atom. The minimum absolute atomic E-state index is 0.0882. The van der Waals surface area contributed by atoms with E-state index in [9.17, 15) is 19.7 Å². The van der Waals surface area contributed by atoms with Crippen LogP contribution in [0.25, 0.3) is 10.4 Å². The zero-order valence-electron chi connectivity index (χ0n) is 14.9. The summed E-state index contributed by atoms with van der Waals surface area (Å²) in [5.74, 6) is -1.23. The first kappa shape index (κ1) is 19.2. The molecule has 0 saturated carbocycles. The molecule has 0 bridgehead atoms. The second kappa shape index (κ2) is 8.45. The Kier molecular flexibility index (Phi) is 5.81. The number of esters is 1. The fourth-order valence-corrected chi connectivity index (χ4v) is 3.60. The highest BCUT2D eigenvalue weighted by molar-refractivity contribution is 7.18. The van der Waals surface area contributed by atoms with Gasteiger partial charge in [-0.1, -0.05) is 42.5 Å². The molecule has 1 amide bonds. The van der Waals surface area contributed by atoms with E-state index in [4.69, 9.17) is 4.74 Å². The number of ether oxygens (including phenoxy) is 1. The highest BCUT2D eigenvalue weighted by atomic mass is 32.1. The van der Waals surface area contributed by atoms with Crippen molar-refractivity contribution in [1.82, 2.24) is 0 Å².